The molecule has 1 aromatic heterocycles. The highest BCUT2D eigenvalue weighted by Gasteiger charge is 2.19. The summed E-state index contributed by atoms with van der Waals surface area (Å²) in [5.41, 5.74) is 0.403. The summed E-state index contributed by atoms with van der Waals surface area (Å²) in [6, 6.07) is 0. The third kappa shape index (κ3) is 1.88. The minimum Gasteiger partial charge on any atom is -0.448 e. The fourth-order valence-electron chi connectivity index (χ4n) is 1.63. The van der Waals surface area contributed by atoms with Crippen LogP contribution in [0.15, 0.2) is 10.7 Å². The quantitative estimate of drug-likeness (QED) is 0.758. The van der Waals surface area contributed by atoms with Gasteiger partial charge in [0.1, 0.15) is 18.6 Å². The van der Waals surface area contributed by atoms with E-state index in [9.17, 15) is 4.39 Å². The zero-order chi connectivity index (χ0) is 9.10. The Hall–Kier alpha value is -0.900. The predicted octanol–water partition coefficient (Wildman–Crippen LogP) is 1.61. The molecule has 2 rings (SSSR count). The van der Waals surface area contributed by atoms with Gasteiger partial charge in [-0.05, 0) is 19.4 Å². The van der Waals surface area contributed by atoms with Crippen LogP contribution in [0, 0.1) is 0 Å². The molecule has 1 fully saturated rings. The van der Waals surface area contributed by atoms with E-state index >= 15 is 0 Å². The molecule has 1 atom stereocenters. The molecule has 0 amide bonds. The van der Waals surface area contributed by atoms with Gasteiger partial charge in [-0.2, -0.15) is 0 Å². The lowest BCUT2D eigenvalue weighted by atomic mass is 10.00. The first-order valence-electron chi connectivity index (χ1n) is 4.61. The summed E-state index contributed by atoms with van der Waals surface area (Å²) in [5, 5.41) is 3.27. The highest BCUT2D eigenvalue weighted by molar-refractivity contribution is 5.01. The summed E-state index contributed by atoms with van der Waals surface area (Å²) < 4.78 is 17.4. The van der Waals surface area contributed by atoms with Crippen molar-refractivity contribution in [1.29, 1.82) is 0 Å². The molecule has 0 bridgehead atoms. The summed E-state index contributed by atoms with van der Waals surface area (Å²) in [6.07, 6.45) is 3.63. The molecule has 1 aliphatic rings. The van der Waals surface area contributed by atoms with E-state index in [2.05, 4.69) is 10.3 Å². The van der Waals surface area contributed by atoms with E-state index in [1.807, 2.05) is 0 Å². The van der Waals surface area contributed by atoms with Crippen molar-refractivity contribution in [3.63, 3.8) is 0 Å². The van der Waals surface area contributed by atoms with Crippen molar-refractivity contribution in [1.82, 2.24) is 10.3 Å². The smallest absolute Gasteiger partial charge is 0.198 e. The summed E-state index contributed by atoms with van der Waals surface area (Å²) in [4.78, 5) is 4.07. The number of hydrogen-bond acceptors (Lipinski definition) is 3. The minimum atomic E-state index is -0.538. The molecule has 0 aliphatic carbocycles. The van der Waals surface area contributed by atoms with E-state index in [0.29, 0.717) is 17.5 Å². The number of hydrogen-bond donors (Lipinski definition) is 1. The third-order valence-corrected chi connectivity index (χ3v) is 2.35. The Morgan fingerprint density at radius 1 is 1.69 bits per heavy atom. The summed E-state index contributed by atoms with van der Waals surface area (Å²) in [7, 11) is 0. The van der Waals surface area contributed by atoms with Gasteiger partial charge in [0.05, 0.1) is 0 Å². The number of halogens is 1. The fourth-order valence-corrected chi connectivity index (χ4v) is 1.63. The fraction of sp³-hybridized carbons (Fsp3) is 0.667. The predicted molar refractivity (Wildman–Crippen MR) is 46.2 cm³/mol. The number of oxazole rings is 1. The molecule has 0 saturated carbocycles. The van der Waals surface area contributed by atoms with Gasteiger partial charge in [0.2, 0.25) is 0 Å². The molecule has 1 N–H and O–H groups in total. The lowest BCUT2D eigenvalue weighted by Crippen LogP contribution is -2.28. The number of alkyl halides is 1. The summed E-state index contributed by atoms with van der Waals surface area (Å²) in [6.45, 7) is 1.42. The van der Waals surface area contributed by atoms with E-state index in [-0.39, 0.29) is 0 Å². The number of aromatic nitrogens is 1. The second-order valence-corrected chi connectivity index (χ2v) is 3.35. The molecule has 0 aromatic carbocycles. The first-order chi connectivity index (χ1) is 6.40. The van der Waals surface area contributed by atoms with Gasteiger partial charge in [0, 0.05) is 12.5 Å². The van der Waals surface area contributed by atoms with Crippen molar-refractivity contribution < 1.29 is 8.81 Å². The molecule has 1 saturated heterocycles. The largest absolute Gasteiger partial charge is 0.448 e. The van der Waals surface area contributed by atoms with E-state index in [1.165, 1.54) is 6.26 Å². The normalized spacial score (nSPS) is 23.3. The van der Waals surface area contributed by atoms with Crippen molar-refractivity contribution in [3.8, 4) is 0 Å². The maximum absolute atomic E-state index is 12.2. The second kappa shape index (κ2) is 3.87. The van der Waals surface area contributed by atoms with Crippen LogP contribution in [0.4, 0.5) is 4.39 Å². The Labute approximate surface area is 76.3 Å². The van der Waals surface area contributed by atoms with E-state index in [1.54, 1.807) is 0 Å². The molecular weight excluding hydrogens is 171 g/mol. The molecule has 72 valence electrons. The van der Waals surface area contributed by atoms with Gasteiger partial charge < -0.3 is 9.73 Å². The van der Waals surface area contributed by atoms with Crippen molar-refractivity contribution in [2.45, 2.75) is 25.4 Å². The minimum absolute atomic E-state index is 0.328. The van der Waals surface area contributed by atoms with Crippen LogP contribution in [0.5, 0.6) is 0 Å². The molecule has 4 heteroatoms. The first-order valence-corrected chi connectivity index (χ1v) is 4.61. The van der Waals surface area contributed by atoms with E-state index < -0.39 is 6.67 Å². The molecule has 0 radical (unpaired) electrons. The Morgan fingerprint density at radius 2 is 2.62 bits per heavy atom. The molecule has 1 aromatic rings. The topological polar surface area (TPSA) is 38.1 Å². The van der Waals surface area contributed by atoms with E-state index in [4.69, 9.17) is 4.42 Å². The Kier molecular flexibility index (Phi) is 2.59. The Balaban J connectivity index is 2.05. The van der Waals surface area contributed by atoms with Gasteiger partial charge in [-0.3, -0.25) is 0 Å². The highest BCUT2D eigenvalue weighted by atomic mass is 19.1. The van der Waals surface area contributed by atoms with Crippen molar-refractivity contribution in [3.05, 3.63) is 17.8 Å². The van der Waals surface area contributed by atoms with Crippen molar-refractivity contribution in [2.24, 2.45) is 0 Å². The Bertz CT molecular complexity index is 268. The van der Waals surface area contributed by atoms with Crippen LogP contribution < -0.4 is 5.32 Å². The number of nitrogens with zero attached hydrogens (tertiary/aromatic N) is 1. The Morgan fingerprint density at radius 3 is 3.23 bits per heavy atom. The van der Waals surface area contributed by atoms with Gasteiger partial charge in [-0.1, -0.05) is 0 Å². The molecule has 3 nitrogen and oxygen atoms in total. The van der Waals surface area contributed by atoms with E-state index in [0.717, 1.165) is 25.9 Å². The van der Waals surface area contributed by atoms with Gasteiger partial charge in [0.25, 0.3) is 0 Å². The zero-order valence-electron chi connectivity index (χ0n) is 7.42. The van der Waals surface area contributed by atoms with Crippen LogP contribution in [-0.2, 0) is 6.67 Å². The first kappa shape index (κ1) is 8.69. The van der Waals surface area contributed by atoms with Gasteiger partial charge in [0.15, 0.2) is 5.89 Å². The van der Waals surface area contributed by atoms with Crippen LogP contribution in [-0.4, -0.2) is 18.1 Å². The average molecular weight is 184 g/mol. The summed E-state index contributed by atoms with van der Waals surface area (Å²) in [5.74, 6) is 1.01. The molecular formula is C9H13FN2O. The summed E-state index contributed by atoms with van der Waals surface area (Å²) >= 11 is 0. The van der Waals surface area contributed by atoms with Gasteiger partial charge in [-0.15, -0.1) is 0 Å². The molecule has 0 spiro atoms. The number of piperidine rings is 1. The number of nitrogens with one attached hydrogen (secondary N) is 1. The SMILES string of the molecule is FCc1coc(C2CCCNC2)n1. The van der Waals surface area contributed by atoms with Crippen molar-refractivity contribution in [2.75, 3.05) is 13.1 Å². The zero-order valence-corrected chi connectivity index (χ0v) is 7.42. The maximum Gasteiger partial charge on any atom is 0.198 e. The standard InChI is InChI=1S/C9H13FN2O/c10-4-8-6-13-9(12-8)7-2-1-3-11-5-7/h6-7,11H,1-5H2. The van der Waals surface area contributed by atoms with Crippen LogP contribution in [0.25, 0.3) is 0 Å². The highest BCUT2D eigenvalue weighted by Crippen LogP contribution is 2.22. The average Bonchev–Trinajstić information content (AvgIpc) is 2.67. The van der Waals surface area contributed by atoms with Crippen LogP contribution >= 0.6 is 0 Å². The second-order valence-electron chi connectivity index (χ2n) is 3.35. The van der Waals surface area contributed by atoms with Gasteiger partial charge in [-0.25, -0.2) is 9.37 Å². The molecule has 1 aliphatic heterocycles. The van der Waals surface area contributed by atoms with Crippen LogP contribution in [0.3, 0.4) is 0 Å². The molecule has 2 heterocycles. The molecule has 13 heavy (non-hydrogen) atoms. The lowest BCUT2D eigenvalue weighted by molar-refractivity contribution is 0.376. The monoisotopic (exact) mass is 184 g/mol. The maximum atomic E-state index is 12.2. The van der Waals surface area contributed by atoms with Crippen molar-refractivity contribution >= 4 is 0 Å². The van der Waals surface area contributed by atoms with Gasteiger partial charge >= 0.3 is 0 Å². The van der Waals surface area contributed by atoms with Crippen LogP contribution in [0.2, 0.25) is 0 Å². The molecule has 1 unspecified atom stereocenters. The third-order valence-electron chi connectivity index (χ3n) is 2.35. The lowest BCUT2D eigenvalue weighted by Gasteiger charge is -2.19. The van der Waals surface area contributed by atoms with Crippen LogP contribution in [0.1, 0.15) is 30.3 Å². The number of rotatable bonds is 2.